The third-order valence-electron chi connectivity index (χ3n) is 4.37. The molecular weight excluding hydrogens is 474 g/mol. The van der Waals surface area contributed by atoms with Crippen LogP contribution in [0.1, 0.15) is 31.4 Å². The van der Waals surface area contributed by atoms with Gasteiger partial charge in [0.2, 0.25) is 5.91 Å². The molecule has 0 aliphatic carbocycles. The fraction of sp³-hybridized carbons (Fsp3) is 0.250. The number of aromatic nitrogens is 6. The number of ether oxygens (including phenoxy) is 1. The van der Waals surface area contributed by atoms with E-state index in [1.807, 2.05) is 0 Å². The molecule has 0 saturated heterocycles. The summed E-state index contributed by atoms with van der Waals surface area (Å²) in [5, 5.41) is 12.8. The molecule has 0 spiro atoms. The van der Waals surface area contributed by atoms with Crippen LogP contribution in [-0.2, 0) is 16.6 Å². The van der Waals surface area contributed by atoms with Gasteiger partial charge in [-0.05, 0) is 13.0 Å². The molecule has 2 N–H and O–H groups in total. The lowest BCUT2D eigenvalue weighted by Gasteiger charge is -2.15. The number of nitrogens with zero attached hydrogens (tertiary/aromatic N) is 6. The van der Waals surface area contributed by atoms with E-state index in [0.717, 1.165) is 12.3 Å². The van der Waals surface area contributed by atoms with Crippen LogP contribution in [0, 0.1) is 5.82 Å². The van der Waals surface area contributed by atoms with Gasteiger partial charge in [0.25, 0.3) is 0 Å². The summed E-state index contributed by atoms with van der Waals surface area (Å²) in [4.78, 5) is 36.1. The number of halogens is 3. The third kappa shape index (κ3) is 6.28. The molecule has 3 aromatic heterocycles. The second kappa shape index (κ2) is 10.7. The summed E-state index contributed by atoms with van der Waals surface area (Å²) in [5.41, 5.74) is 0.603. The average molecular weight is 493 g/mol. The largest absolute Gasteiger partial charge is 0.441 e. The first kappa shape index (κ1) is 24.6. The van der Waals surface area contributed by atoms with Crippen molar-refractivity contribution in [3.63, 3.8) is 0 Å². The van der Waals surface area contributed by atoms with Crippen LogP contribution in [-0.4, -0.2) is 41.9 Å². The zero-order valence-corrected chi connectivity index (χ0v) is 18.8. The van der Waals surface area contributed by atoms with Crippen molar-refractivity contribution in [1.82, 2.24) is 29.9 Å². The van der Waals surface area contributed by atoms with Gasteiger partial charge in [-0.1, -0.05) is 23.4 Å². The Balaban J connectivity index is 1.69. The maximum absolute atomic E-state index is 13.5. The average Bonchev–Trinajstić information content (AvgIpc) is 3.14. The van der Waals surface area contributed by atoms with E-state index < -0.39 is 29.7 Å². The first-order valence-corrected chi connectivity index (χ1v) is 10.2. The minimum absolute atomic E-state index is 0.000188. The highest BCUT2D eigenvalue weighted by Gasteiger charge is 2.21. The van der Waals surface area contributed by atoms with Gasteiger partial charge in [0.15, 0.2) is 17.3 Å². The van der Waals surface area contributed by atoms with Crippen molar-refractivity contribution in [2.45, 2.75) is 25.9 Å². The fourth-order valence-corrected chi connectivity index (χ4v) is 2.97. The highest BCUT2D eigenvalue weighted by Crippen LogP contribution is 2.26. The zero-order valence-electron chi connectivity index (χ0n) is 18.0. The monoisotopic (exact) mass is 492 g/mol. The molecule has 14 heteroatoms. The smallest absolute Gasteiger partial charge is 0.413 e. The zero-order chi connectivity index (χ0) is 24.8. The topological polar surface area (TPSA) is 137 Å². The maximum atomic E-state index is 13.5. The SMILES string of the molecule is C=C(F)CCC(=O)Nc1cnc(-c2nnn(C)c2NC(=O)O[C@H](C)c2cc(F)cnc2Cl)nc1. The first-order chi connectivity index (χ1) is 16.1. The summed E-state index contributed by atoms with van der Waals surface area (Å²) in [6.07, 6.45) is 1.63. The number of rotatable bonds is 8. The van der Waals surface area contributed by atoms with Crippen molar-refractivity contribution < 1.29 is 23.1 Å². The molecule has 178 valence electrons. The summed E-state index contributed by atoms with van der Waals surface area (Å²) in [5.74, 6) is -1.42. The Morgan fingerprint density at radius 1 is 1.21 bits per heavy atom. The molecule has 0 aliphatic rings. The van der Waals surface area contributed by atoms with Crippen molar-refractivity contribution in [3.8, 4) is 11.5 Å². The van der Waals surface area contributed by atoms with Crippen molar-refractivity contribution in [2.75, 3.05) is 10.6 Å². The van der Waals surface area contributed by atoms with E-state index >= 15 is 0 Å². The summed E-state index contributed by atoms with van der Waals surface area (Å²) >= 11 is 5.95. The number of pyridine rings is 1. The van der Waals surface area contributed by atoms with Crippen LogP contribution >= 0.6 is 11.6 Å². The van der Waals surface area contributed by atoms with Crippen LogP contribution in [0.5, 0.6) is 0 Å². The van der Waals surface area contributed by atoms with Crippen LogP contribution in [0.3, 0.4) is 0 Å². The van der Waals surface area contributed by atoms with E-state index in [4.69, 9.17) is 16.3 Å². The number of anilines is 2. The van der Waals surface area contributed by atoms with Gasteiger partial charge in [0, 0.05) is 25.5 Å². The van der Waals surface area contributed by atoms with Gasteiger partial charge in [-0.25, -0.2) is 33.2 Å². The first-order valence-electron chi connectivity index (χ1n) is 9.77. The molecule has 0 aromatic carbocycles. The minimum Gasteiger partial charge on any atom is -0.441 e. The number of carbonyl (C=O) groups excluding carboxylic acids is 2. The Labute approximate surface area is 197 Å². The molecule has 2 amide bonds. The van der Waals surface area contributed by atoms with Crippen LogP contribution in [0.2, 0.25) is 5.15 Å². The van der Waals surface area contributed by atoms with Crippen molar-refractivity contribution in [3.05, 3.63) is 53.6 Å². The van der Waals surface area contributed by atoms with E-state index in [0.29, 0.717) is 0 Å². The number of allylic oxidation sites excluding steroid dienone is 1. The molecule has 3 aromatic rings. The van der Waals surface area contributed by atoms with Gasteiger partial charge < -0.3 is 10.1 Å². The van der Waals surface area contributed by atoms with Crippen molar-refractivity contribution >= 4 is 35.1 Å². The van der Waals surface area contributed by atoms with Crippen LogP contribution < -0.4 is 10.6 Å². The second-order valence-corrected chi connectivity index (χ2v) is 7.34. The maximum Gasteiger partial charge on any atom is 0.413 e. The number of hydrogen-bond donors (Lipinski definition) is 2. The van der Waals surface area contributed by atoms with Gasteiger partial charge in [0.1, 0.15) is 17.1 Å². The van der Waals surface area contributed by atoms with Gasteiger partial charge >= 0.3 is 6.09 Å². The molecule has 0 fully saturated rings. The van der Waals surface area contributed by atoms with Crippen molar-refractivity contribution in [1.29, 1.82) is 0 Å². The van der Waals surface area contributed by atoms with Gasteiger partial charge in [-0.2, -0.15) is 0 Å². The number of carbonyl (C=O) groups is 2. The van der Waals surface area contributed by atoms with E-state index in [9.17, 15) is 18.4 Å². The lowest BCUT2D eigenvalue weighted by molar-refractivity contribution is -0.116. The summed E-state index contributed by atoms with van der Waals surface area (Å²) in [6, 6.07) is 1.12. The Bertz CT molecular complexity index is 1220. The molecule has 34 heavy (non-hydrogen) atoms. The fourth-order valence-electron chi connectivity index (χ4n) is 2.71. The number of amides is 2. The summed E-state index contributed by atoms with van der Waals surface area (Å²) in [7, 11) is 1.52. The molecule has 0 unspecified atom stereocenters. The quantitative estimate of drug-likeness (QED) is 0.450. The highest BCUT2D eigenvalue weighted by molar-refractivity contribution is 6.30. The number of nitrogens with one attached hydrogen (secondary N) is 2. The van der Waals surface area contributed by atoms with Crippen LogP contribution in [0.25, 0.3) is 11.5 Å². The molecule has 1 atom stereocenters. The predicted molar refractivity (Wildman–Crippen MR) is 118 cm³/mol. The third-order valence-corrected chi connectivity index (χ3v) is 4.69. The lowest BCUT2D eigenvalue weighted by Crippen LogP contribution is -2.19. The standard InChI is InChI=1S/C20H19ClF2N8O3/c1-10(22)4-5-15(32)27-13-8-25-18(26-9-13)16-19(31(3)30-29-16)28-20(33)34-11(2)14-6-12(23)7-24-17(14)21/h6-9,11H,1,4-5H2,2-3H3,(H,27,32)(H,28,33)/t11-/m1/s1. The normalized spacial score (nSPS) is 11.6. The molecule has 0 bridgehead atoms. The molecule has 3 heterocycles. The summed E-state index contributed by atoms with van der Waals surface area (Å²) < 4.78 is 32.7. The van der Waals surface area contributed by atoms with E-state index in [-0.39, 0.29) is 46.6 Å². The van der Waals surface area contributed by atoms with Crippen molar-refractivity contribution in [2.24, 2.45) is 7.05 Å². The minimum atomic E-state index is -0.908. The van der Waals surface area contributed by atoms with Gasteiger partial charge in [-0.3, -0.25) is 10.1 Å². The molecule has 0 radical (unpaired) electrons. The Morgan fingerprint density at radius 2 is 1.91 bits per heavy atom. The highest BCUT2D eigenvalue weighted by atomic mass is 35.5. The summed E-state index contributed by atoms with van der Waals surface area (Å²) in [6.45, 7) is 4.60. The Morgan fingerprint density at radius 3 is 2.59 bits per heavy atom. The van der Waals surface area contributed by atoms with Crippen LogP contribution in [0.15, 0.2) is 37.1 Å². The lowest BCUT2D eigenvalue weighted by atomic mass is 10.2. The van der Waals surface area contributed by atoms with Gasteiger partial charge in [0.05, 0.1) is 30.1 Å². The second-order valence-electron chi connectivity index (χ2n) is 6.98. The molecule has 11 nitrogen and oxygen atoms in total. The molecule has 3 rings (SSSR count). The van der Waals surface area contributed by atoms with E-state index in [2.05, 4.69) is 42.5 Å². The number of hydrogen-bond acceptors (Lipinski definition) is 8. The molecule has 0 aliphatic heterocycles. The van der Waals surface area contributed by atoms with Crippen LogP contribution in [0.4, 0.5) is 25.1 Å². The number of aryl methyl sites for hydroxylation is 1. The Kier molecular flexibility index (Phi) is 7.79. The predicted octanol–water partition coefficient (Wildman–Crippen LogP) is 3.97. The molecular formula is C20H19ClF2N8O3. The van der Waals surface area contributed by atoms with Gasteiger partial charge in [-0.15, -0.1) is 5.10 Å². The molecule has 0 saturated carbocycles. The van der Waals surface area contributed by atoms with E-state index in [1.165, 1.54) is 31.0 Å². The Hall–Kier alpha value is -4.00. The van der Waals surface area contributed by atoms with E-state index in [1.54, 1.807) is 0 Å².